The van der Waals surface area contributed by atoms with E-state index in [-0.39, 0.29) is 11.1 Å². The Bertz CT molecular complexity index is 1160. The van der Waals surface area contributed by atoms with Crippen molar-refractivity contribution in [2.75, 3.05) is 0 Å². The minimum Gasteiger partial charge on any atom is -0.452 e. The normalized spacial score (nSPS) is 9.43. The molecule has 4 nitrogen and oxygen atoms in total. The van der Waals surface area contributed by atoms with E-state index in [1.165, 1.54) is 30.5 Å². The second-order valence-electron chi connectivity index (χ2n) is 6.19. The third-order valence-electron chi connectivity index (χ3n) is 3.90. The zero-order chi connectivity index (χ0) is 25.5. The van der Waals surface area contributed by atoms with Gasteiger partial charge < -0.3 is 14.4 Å². The van der Waals surface area contributed by atoms with Crippen LogP contribution in [0.15, 0.2) is 96.3 Å². The molecule has 0 amide bonds. The molecule has 0 saturated heterocycles. The van der Waals surface area contributed by atoms with Crippen LogP contribution in [0.1, 0.15) is 0 Å². The fourth-order valence-electron chi connectivity index (χ4n) is 2.48. The van der Waals surface area contributed by atoms with E-state index in [0.29, 0.717) is 11.4 Å². The van der Waals surface area contributed by atoms with Crippen molar-refractivity contribution >= 4 is 9.58 Å². The molecule has 35 heavy (non-hydrogen) atoms. The van der Waals surface area contributed by atoms with Crippen molar-refractivity contribution < 1.29 is 39.9 Å². The predicted octanol–water partition coefficient (Wildman–Crippen LogP) is 7.02. The molecule has 0 atom stereocenters. The molecule has 0 aliphatic heterocycles. The summed E-state index contributed by atoms with van der Waals surface area (Å²) >= 11 is 1.47. The number of hydrogen-bond donors (Lipinski definition) is 0. The molecule has 0 saturated carbocycles. The van der Waals surface area contributed by atoms with Crippen LogP contribution < -0.4 is 0 Å². The number of aromatic nitrogens is 3. The van der Waals surface area contributed by atoms with Crippen molar-refractivity contribution in [3.8, 4) is 22.5 Å². The van der Waals surface area contributed by atoms with Gasteiger partial charge in [0.15, 0.2) is 6.39 Å². The number of halogens is 5. The van der Waals surface area contributed by atoms with Crippen LogP contribution in [0, 0.1) is 35.4 Å². The smallest absolute Gasteiger partial charge is 0.180 e. The van der Waals surface area contributed by atoms with Gasteiger partial charge in [0.1, 0.15) is 6.26 Å². The molecule has 180 valence electrons. The van der Waals surface area contributed by atoms with Gasteiger partial charge in [0.2, 0.25) is 0 Å². The molecule has 0 aliphatic carbocycles. The Morgan fingerprint density at radius 1 is 0.714 bits per heavy atom. The zero-order valence-electron chi connectivity index (χ0n) is 17.6. The molecule has 10 heteroatoms. The average molecular weight is 677 g/mol. The average Bonchev–Trinajstić information content (AvgIpc) is 3.47. The van der Waals surface area contributed by atoms with E-state index < -0.39 is 23.3 Å². The van der Waals surface area contributed by atoms with Crippen LogP contribution >= 0.6 is 9.58 Å². The summed E-state index contributed by atoms with van der Waals surface area (Å²) in [5, 5.41) is 0. The van der Waals surface area contributed by atoms with E-state index in [9.17, 15) is 17.6 Å². The van der Waals surface area contributed by atoms with Gasteiger partial charge >= 0.3 is 27.5 Å². The van der Waals surface area contributed by atoms with Crippen LogP contribution in [0.25, 0.3) is 22.5 Å². The van der Waals surface area contributed by atoms with E-state index >= 15 is 0 Å². The maximum absolute atomic E-state index is 13.2. The summed E-state index contributed by atoms with van der Waals surface area (Å²) in [4.78, 5) is 11.4. The summed E-state index contributed by atoms with van der Waals surface area (Å²) in [5.41, 5.74) is 1.27. The molecular formula is C25H15ClF4IrN3O. The van der Waals surface area contributed by atoms with Gasteiger partial charge in [-0.05, 0) is 23.5 Å². The molecule has 0 N–H and O–H groups in total. The SMILES string of the molecule is Fc1c[c-]c(-c2ccccn2)c(F)c1.Fc1c[c-]c(-c2ccccn2)c(F)c1.[Cl][Ir+2].c1cocn1. The molecule has 2 aromatic carbocycles. The van der Waals surface area contributed by atoms with Crippen molar-refractivity contribution in [1.29, 1.82) is 0 Å². The van der Waals surface area contributed by atoms with Gasteiger partial charge in [0, 0.05) is 35.7 Å². The van der Waals surface area contributed by atoms with E-state index in [0.717, 1.165) is 24.3 Å². The van der Waals surface area contributed by atoms with Gasteiger partial charge in [-0.3, -0.25) is 17.6 Å². The topological polar surface area (TPSA) is 51.8 Å². The van der Waals surface area contributed by atoms with Crippen LogP contribution in [0.5, 0.6) is 0 Å². The summed E-state index contributed by atoms with van der Waals surface area (Å²) in [6, 6.07) is 19.1. The zero-order valence-corrected chi connectivity index (χ0v) is 20.8. The van der Waals surface area contributed by atoms with Gasteiger partial charge in [-0.2, -0.15) is 0 Å². The summed E-state index contributed by atoms with van der Waals surface area (Å²) in [6.07, 6.45) is 7.57. The molecule has 3 aromatic heterocycles. The van der Waals surface area contributed by atoms with Gasteiger partial charge in [-0.1, -0.05) is 47.5 Å². The van der Waals surface area contributed by atoms with Crippen molar-refractivity contribution in [3.05, 3.63) is 127 Å². The minimum absolute atomic E-state index is 0.187. The number of benzene rings is 2. The Morgan fingerprint density at radius 3 is 1.49 bits per heavy atom. The fourth-order valence-corrected chi connectivity index (χ4v) is 2.48. The van der Waals surface area contributed by atoms with Crippen LogP contribution in [-0.4, -0.2) is 15.0 Å². The first-order valence-corrected chi connectivity index (χ1v) is 12.5. The maximum atomic E-state index is 13.2. The predicted molar refractivity (Wildman–Crippen MR) is 119 cm³/mol. The second-order valence-corrected chi connectivity index (χ2v) is 6.19. The first kappa shape index (κ1) is 27.9. The number of nitrogens with zero attached hydrogens (tertiary/aromatic N) is 3. The Hall–Kier alpha value is -3.39. The van der Waals surface area contributed by atoms with Crippen LogP contribution in [0.2, 0.25) is 0 Å². The van der Waals surface area contributed by atoms with E-state index in [4.69, 9.17) is 0 Å². The van der Waals surface area contributed by atoms with E-state index in [1.807, 2.05) is 0 Å². The fraction of sp³-hybridized carbons (Fsp3) is 0. The van der Waals surface area contributed by atoms with Crippen molar-refractivity contribution in [2.24, 2.45) is 0 Å². The Balaban J connectivity index is 0.000000195. The summed E-state index contributed by atoms with van der Waals surface area (Å²) < 4.78 is 56.1. The number of pyridine rings is 2. The Kier molecular flexibility index (Phi) is 12.3. The van der Waals surface area contributed by atoms with Gasteiger partial charge in [0.25, 0.3) is 0 Å². The maximum Gasteiger partial charge on any atom is 0.180 e. The molecule has 0 unspecified atom stereocenters. The molecule has 0 bridgehead atoms. The molecule has 0 radical (unpaired) electrons. The molecule has 5 rings (SSSR count). The molecule has 0 spiro atoms. The molecule has 3 heterocycles. The number of rotatable bonds is 2. The van der Waals surface area contributed by atoms with E-state index in [2.05, 4.69) is 41.1 Å². The van der Waals surface area contributed by atoms with E-state index in [1.54, 1.807) is 55.0 Å². The van der Waals surface area contributed by atoms with Gasteiger partial charge in [-0.15, -0.1) is 24.3 Å². The first-order chi connectivity index (χ1) is 17.0. The summed E-state index contributed by atoms with van der Waals surface area (Å²) in [5.74, 6) is -2.57. The first-order valence-electron chi connectivity index (χ1n) is 9.55. The van der Waals surface area contributed by atoms with Crippen molar-refractivity contribution in [3.63, 3.8) is 0 Å². The minimum atomic E-state index is -0.649. The summed E-state index contributed by atoms with van der Waals surface area (Å²) in [7, 11) is 4.64. The standard InChI is InChI=1S/2C11H6F2N.C3H3NO.ClH.Ir/c2*12-8-4-5-9(10(13)7-8)11-3-1-2-6-14-11;1-2-5-3-4-1;;/h2*1-4,6-7H;1-3H;1H;/q2*-1;;;+3/p-1. The third kappa shape index (κ3) is 9.41. The monoisotopic (exact) mass is 677 g/mol. The van der Waals surface area contributed by atoms with Crippen molar-refractivity contribution in [1.82, 2.24) is 15.0 Å². The molecular weight excluding hydrogens is 662 g/mol. The van der Waals surface area contributed by atoms with Gasteiger partial charge in [0.05, 0.1) is 6.20 Å². The van der Waals surface area contributed by atoms with Gasteiger partial charge in [-0.25, -0.2) is 4.98 Å². The quantitative estimate of drug-likeness (QED) is 0.149. The second kappa shape index (κ2) is 15.5. The Labute approximate surface area is 213 Å². The van der Waals surface area contributed by atoms with Crippen molar-refractivity contribution in [2.45, 2.75) is 0 Å². The van der Waals surface area contributed by atoms with Crippen LogP contribution in [0.3, 0.4) is 0 Å². The number of hydrogen-bond acceptors (Lipinski definition) is 4. The Morgan fingerprint density at radius 2 is 1.20 bits per heavy atom. The van der Waals surface area contributed by atoms with Crippen LogP contribution in [0.4, 0.5) is 17.6 Å². The molecule has 5 aromatic rings. The molecule has 0 fully saturated rings. The largest absolute Gasteiger partial charge is 0.452 e. The van der Waals surface area contributed by atoms with Crippen LogP contribution in [-0.2, 0) is 17.9 Å². The number of oxazole rings is 1. The summed E-state index contributed by atoms with van der Waals surface area (Å²) in [6.45, 7) is 0. The third-order valence-corrected chi connectivity index (χ3v) is 3.90. The molecule has 0 aliphatic rings.